The number of benzene rings is 1. The van der Waals surface area contributed by atoms with Crippen LogP contribution in [-0.2, 0) is 5.54 Å². The molecule has 1 aromatic rings. The van der Waals surface area contributed by atoms with E-state index in [1.807, 2.05) is 12.1 Å². The van der Waals surface area contributed by atoms with Crippen LogP contribution < -0.4 is 5.84 Å². The van der Waals surface area contributed by atoms with Crippen molar-refractivity contribution in [1.82, 2.24) is 5.01 Å². The number of aliphatic hydroxyl groups is 1. The fraction of sp³-hybridized carbons (Fsp3) is 0.273. The average molecular weight is 227 g/mol. The van der Waals surface area contributed by atoms with E-state index in [0.29, 0.717) is 5.02 Å². The number of rotatable bonds is 4. The van der Waals surface area contributed by atoms with Gasteiger partial charge in [0.1, 0.15) is 5.54 Å². The van der Waals surface area contributed by atoms with Crippen LogP contribution in [0.1, 0.15) is 5.56 Å². The van der Waals surface area contributed by atoms with Crippen molar-refractivity contribution in [2.24, 2.45) is 5.84 Å². The summed E-state index contributed by atoms with van der Waals surface area (Å²) in [6, 6.07) is 7.16. The molecule has 1 atom stereocenters. The Labute approximate surface area is 94.7 Å². The molecule has 0 bridgehead atoms. The minimum Gasteiger partial charge on any atom is -0.394 e. The lowest BCUT2D eigenvalue weighted by molar-refractivity contribution is 0.0868. The number of halogens is 1. The molecule has 0 spiro atoms. The lowest BCUT2D eigenvalue weighted by Gasteiger charge is -2.35. The Hall–Kier alpha value is -0.870. The fourth-order valence-corrected chi connectivity index (χ4v) is 1.60. The Bertz CT molecular complexity index is 337. The molecule has 0 aliphatic heterocycles. The van der Waals surface area contributed by atoms with Crippen LogP contribution in [0.3, 0.4) is 0 Å². The molecule has 0 amide bonds. The minimum atomic E-state index is -0.759. The van der Waals surface area contributed by atoms with Gasteiger partial charge in [-0.25, -0.2) is 5.01 Å². The molecule has 0 fully saturated rings. The summed E-state index contributed by atoms with van der Waals surface area (Å²) in [4.78, 5) is 0. The van der Waals surface area contributed by atoms with E-state index in [2.05, 4.69) is 6.58 Å². The van der Waals surface area contributed by atoms with Crippen molar-refractivity contribution in [3.05, 3.63) is 47.5 Å². The quantitative estimate of drug-likeness (QED) is 0.465. The zero-order valence-electron chi connectivity index (χ0n) is 8.65. The number of hydrogen-bond acceptors (Lipinski definition) is 3. The maximum absolute atomic E-state index is 9.44. The molecule has 0 saturated heterocycles. The molecule has 0 radical (unpaired) electrons. The van der Waals surface area contributed by atoms with Crippen molar-refractivity contribution in [1.29, 1.82) is 0 Å². The molecule has 3 N–H and O–H groups in total. The number of hydrogen-bond donors (Lipinski definition) is 2. The molecule has 0 aliphatic carbocycles. The second kappa shape index (κ2) is 4.77. The van der Waals surface area contributed by atoms with Crippen LogP contribution in [0.4, 0.5) is 0 Å². The molecular formula is C11H15ClN2O. The Kier molecular flexibility index (Phi) is 3.88. The van der Waals surface area contributed by atoms with E-state index >= 15 is 0 Å². The fourth-order valence-electron chi connectivity index (χ4n) is 1.47. The van der Waals surface area contributed by atoms with Gasteiger partial charge in [-0.3, -0.25) is 5.84 Å². The second-order valence-electron chi connectivity index (χ2n) is 3.40. The van der Waals surface area contributed by atoms with E-state index in [0.717, 1.165) is 5.56 Å². The molecule has 0 heterocycles. The third-order valence-electron chi connectivity index (χ3n) is 2.55. The lowest BCUT2D eigenvalue weighted by Crippen LogP contribution is -2.49. The number of hydrazine groups is 1. The molecule has 15 heavy (non-hydrogen) atoms. The number of nitrogens with zero attached hydrogens (tertiary/aromatic N) is 1. The van der Waals surface area contributed by atoms with Gasteiger partial charge in [0.2, 0.25) is 0 Å². The van der Waals surface area contributed by atoms with Crippen molar-refractivity contribution < 1.29 is 5.11 Å². The molecule has 0 saturated carbocycles. The number of nitrogens with two attached hydrogens (primary N) is 1. The first kappa shape index (κ1) is 12.2. The molecular weight excluding hydrogens is 212 g/mol. The van der Waals surface area contributed by atoms with Gasteiger partial charge in [0.05, 0.1) is 6.61 Å². The molecule has 1 rings (SSSR count). The molecule has 82 valence electrons. The largest absolute Gasteiger partial charge is 0.394 e. The van der Waals surface area contributed by atoms with E-state index in [4.69, 9.17) is 17.4 Å². The minimum absolute atomic E-state index is 0.134. The summed E-state index contributed by atoms with van der Waals surface area (Å²) in [6.45, 7) is 3.58. The summed E-state index contributed by atoms with van der Waals surface area (Å²) in [5.74, 6) is 5.73. The topological polar surface area (TPSA) is 49.5 Å². The van der Waals surface area contributed by atoms with E-state index in [1.165, 1.54) is 5.01 Å². The summed E-state index contributed by atoms with van der Waals surface area (Å²) < 4.78 is 0. The number of aliphatic hydroxyl groups excluding tert-OH is 1. The Balaban J connectivity index is 3.20. The maximum Gasteiger partial charge on any atom is 0.100 e. The standard InChI is InChI=1S/C11H15ClN2O/c1-3-11(8-15,14(2)13)9-4-6-10(12)7-5-9/h3-7,15H,1,8,13H2,2H3. The Morgan fingerprint density at radius 2 is 2.07 bits per heavy atom. The highest BCUT2D eigenvalue weighted by atomic mass is 35.5. The molecule has 3 nitrogen and oxygen atoms in total. The van der Waals surface area contributed by atoms with Gasteiger partial charge in [-0.05, 0) is 17.7 Å². The van der Waals surface area contributed by atoms with Gasteiger partial charge in [-0.2, -0.15) is 0 Å². The van der Waals surface area contributed by atoms with Crippen molar-refractivity contribution in [2.75, 3.05) is 13.7 Å². The summed E-state index contributed by atoms with van der Waals surface area (Å²) >= 11 is 5.79. The molecule has 4 heteroatoms. The Morgan fingerprint density at radius 3 is 2.40 bits per heavy atom. The predicted octanol–water partition coefficient (Wildman–Crippen LogP) is 1.52. The van der Waals surface area contributed by atoms with Crippen LogP contribution in [0.2, 0.25) is 5.02 Å². The number of likely N-dealkylation sites (N-methyl/N-ethyl adjacent to an activating group) is 1. The molecule has 1 aromatic carbocycles. The van der Waals surface area contributed by atoms with Crippen molar-refractivity contribution >= 4 is 11.6 Å². The summed E-state index contributed by atoms with van der Waals surface area (Å²) in [7, 11) is 1.69. The van der Waals surface area contributed by atoms with Crippen LogP contribution in [-0.4, -0.2) is 23.8 Å². The van der Waals surface area contributed by atoms with Gasteiger partial charge in [0.15, 0.2) is 0 Å². The third kappa shape index (κ3) is 2.21. The van der Waals surface area contributed by atoms with Crippen molar-refractivity contribution in [2.45, 2.75) is 5.54 Å². The van der Waals surface area contributed by atoms with Gasteiger partial charge in [-0.1, -0.05) is 29.8 Å². The highest BCUT2D eigenvalue weighted by Crippen LogP contribution is 2.27. The predicted molar refractivity (Wildman–Crippen MR) is 62.4 cm³/mol. The first-order valence-corrected chi connectivity index (χ1v) is 4.93. The van der Waals surface area contributed by atoms with Gasteiger partial charge in [0, 0.05) is 12.1 Å². The van der Waals surface area contributed by atoms with Crippen LogP contribution in [0.15, 0.2) is 36.9 Å². The van der Waals surface area contributed by atoms with Crippen LogP contribution in [0.5, 0.6) is 0 Å². The summed E-state index contributed by atoms with van der Waals surface area (Å²) in [5.41, 5.74) is 0.0966. The van der Waals surface area contributed by atoms with Crippen LogP contribution >= 0.6 is 11.6 Å². The summed E-state index contributed by atoms with van der Waals surface area (Å²) in [5, 5.41) is 11.5. The van der Waals surface area contributed by atoms with Gasteiger partial charge < -0.3 is 5.11 Å². The van der Waals surface area contributed by atoms with Crippen LogP contribution in [0, 0.1) is 0 Å². The zero-order valence-corrected chi connectivity index (χ0v) is 9.41. The highest BCUT2D eigenvalue weighted by molar-refractivity contribution is 6.30. The third-order valence-corrected chi connectivity index (χ3v) is 2.80. The van der Waals surface area contributed by atoms with Gasteiger partial charge in [0.25, 0.3) is 0 Å². The van der Waals surface area contributed by atoms with E-state index in [1.54, 1.807) is 25.3 Å². The average Bonchev–Trinajstić information content (AvgIpc) is 2.22. The van der Waals surface area contributed by atoms with E-state index in [-0.39, 0.29) is 6.61 Å². The molecule has 1 unspecified atom stereocenters. The first-order valence-electron chi connectivity index (χ1n) is 4.56. The lowest BCUT2D eigenvalue weighted by atomic mass is 9.90. The molecule has 0 aromatic heterocycles. The maximum atomic E-state index is 9.44. The first-order chi connectivity index (χ1) is 7.06. The van der Waals surface area contributed by atoms with Crippen LogP contribution in [0.25, 0.3) is 0 Å². The smallest absolute Gasteiger partial charge is 0.100 e. The van der Waals surface area contributed by atoms with Crippen molar-refractivity contribution in [3.8, 4) is 0 Å². The Morgan fingerprint density at radius 1 is 1.53 bits per heavy atom. The van der Waals surface area contributed by atoms with Gasteiger partial charge >= 0.3 is 0 Å². The monoisotopic (exact) mass is 226 g/mol. The zero-order chi connectivity index (χ0) is 11.5. The van der Waals surface area contributed by atoms with Crippen molar-refractivity contribution in [3.63, 3.8) is 0 Å². The summed E-state index contributed by atoms with van der Waals surface area (Å²) in [6.07, 6.45) is 1.62. The van der Waals surface area contributed by atoms with E-state index < -0.39 is 5.54 Å². The second-order valence-corrected chi connectivity index (χ2v) is 3.84. The highest BCUT2D eigenvalue weighted by Gasteiger charge is 2.31. The normalized spacial score (nSPS) is 15.0. The SMILES string of the molecule is C=CC(CO)(c1ccc(Cl)cc1)N(C)N. The van der Waals surface area contributed by atoms with E-state index in [9.17, 15) is 5.11 Å². The molecule has 0 aliphatic rings. The van der Waals surface area contributed by atoms with Gasteiger partial charge in [-0.15, -0.1) is 6.58 Å².